The van der Waals surface area contributed by atoms with E-state index < -0.39 is 0 Å². The molecule has 0 saturated carbocycles. The predicted molar refractivity (Wildman–Crippen MR) is 59.8 cm³/mol. The molecule has 1 aromatic carbocycles. The van der Waals surface area contributed by atoms with E-state index in [0.717, 1.165) is 16.0 Å². The minimum absolute atomic E-state index is 0.182. The number of rotatable bonds is 3. The zero-order valence-corrected chi connectivity index (χ0v) is 11.7. The average Bonchev–Trinajstić information content (AvgIpc) is 2.68. The van der Waals surface area contributed by atoms with E-state index in [4.69, 9.17) is 4.74 Å². The van der Waals surface area contributed by atoms with E-state index in [9.17, 15) is 4.39 Å². The first-order chi connectivity index (χ1) is 8.29. The zero-order valence-electron chi connectivity index (χ0n) is 9.53. The van der Waals surface area contributed by atoms with Gasteiger partial charge >= 0.3 is 111 Å². The number of halogens is 2. The van der Waals surface area contributed by atoms with Crippen LogP contribution in [-0.2, 0) is 11.3 Å². The maximum absolute atomic E-state index is 12.7. The van der Waals surface area contributed by atoms with Crippen molar-refractivity contribution >= 4 is 0 Å². The fourth-order valence-corrected chi connectivity index (χ4v) is 5.93. The fourth-order valence-electron chi connectivity index (χ4n) is 2.40. The number of hydrogen-bond donors (Lipinski definition) is 1. The molecule has 0 aromatic heterocycles. The molecule has 0 spiro atoms. The van der Waals surface area contributed by atoms with E-state index in [0.29, 0.717) is 40.0 Å². The number of benzene rings is 1. The van der Waals surface area contributed by atoms with Crippen molar-refractivity contribution in [2.75, 3.05) is 4.43 Å². The van der Waals surface area contributed by atoms with Gasteiger partial charge in [-0.25, -0.2) is 0 Å². The molecule has 2 aliphatic rings. The Morgan fingerprint density at radius 2 is 2.12 bits per heavy atom. The Hall–Kier alpha value is -0.200. The summed E-state index contributed by atoms with van der Waals surface area (Å²) in [6, 6.07) is 7.31. The van der Waals surface area contributed by atoms with Crippen molar-refractivity contribution in [3.8, 4) is 0 Å². The van der Waals surface area contributed by atoms with Gasteiger partial charge in [0.2, 0.25) is 0 Å². The van der Waals surface area contributed by atoms with E-state index in [1.807, 2.05) is 0 Å². The molecule has 4 heteroatoms. The van der Waals surface area contributed by atoms with Gasteiger partial charge in [0.25, 0.3) is 0 Å². The molecular formula is C13H16FINO-. The predicted octanol–water partition coefficient (Wildman–Crippen LogP) is -1.11. The van der Waals surface area contributed by atoms with Crippen molar-refractivity contribution in [1.82, 2.24) is 5.32 Å². The second kappa shape index (κ2) is 5.20. The first kappa shape index (κ1) is 11.9. The van der Waals surface area contributed by atoms with Crippen LogP contribution in [0.1, 0.15) is 18.4 Å². The van der Waals surface area contributed by atoms with Crippen LogP contribution in [0, 0.1) is 5.82 Å². The van der Waals surface area contributed by atoms with Crippen LogP contribution in [0.3, 0.4) is 0 Å². The summed E-state index contributed by atoms with van der Waals surface area (Å²) in [5.41, 5.74) is 1.06. The van der Waals surface area contributed by atoms with Crippen molar-refractivity contribution in [3.63, 3.8) is 0 Å². The second-order valence-corrected chi connectivity index (χ2v) is 7.94. The normalized spacial score (nSPS) is 32.2. The van der Waals surface area contributed by atoms with Crippen molar-refractivity contribution in [1.29, 1.82) is 0 Å². The second-order valence-electron chi connectivity index (χ2n) is 4.67. The number of hydrogen-bond acceptors (Lipinski definition) is 2. The van der Waals surface area contributed by atoms with Gasteiger partial charge in [0.15, 0.2) is 0 Å². The van der Waals surface area contributed by atoms with Crippen LogP contribution in [0.5, 0.6) is 0 Å². The van der Waals surface area contributed by atoms with Gasteiger partial charge in [0.05, 0.1) is 0 Å². The molecule has 17 heavy (non-hydrogen) atoms. The van der Waals surface area contributed by atoms with Gasteiger partial charge < -0.3 is 0 Å². The van der Waals surface area contributed by atoms with Gasteiger partial charge in [-0.3, -0.25) is 0 Å². The Labute approximate surface area is 111 Å². The molecule has 2 nitrogen and oxygen atoms in total. The standard InChI is InChI=1S/C13H16FINO/c14-10-3-1-9(2-4-10)8-17-12-5-11-7-15-13(6-12)16-11/h1-4,11-13,16H,5-8H2/q-1. The summed E-state index contributed by atoms with van der Waals surface area (Å²) >= 11 is 0.360. The number of ether oxygens (including phenoxy) is 1. The molecule has 2 saturated heterocycles. The van der Waals surface area contributed by atoms with Crippen molar-refractivity contribution in [2.24, 2.45) is 0 Å². The van der Waals surface area contributed by atoms with Crippen molar-refractivity contribution in [3.05, 3.63) is 35.6 Å². The Kier molecular flexibility index (Phi) is 3.63. The van der Waals surface area contributed by atoms with Gasteiger partial charge in [-0.2, -0.15) is 0 Å². The van der Waals surface area contributed by atoms with Gasteiger partial charge in [0, 0.05) is 0 Å². The molecular weight excluding hydrogens is 332 g/mol. The first-order valence-electron chi connectivity index (χ1n) is 5.99. The molecule has 1 N–H and O–H groups in total. The van der Waals surface area contributed by atoms with Gasteiger partial charge in [-0.05, 0) is 0 Å². The molecule has 94 valence electrons. The van der Waals surface area contributed by atoms with Crippen molar-refractivity contribution < 1.29 is 30.3 Å². The summed E-state index contributed by atoms with van der Waals surface area (Å²) in [5, 5.41) is 3.65. The topological polar surface area (TPSA) is 21.3 Å². The molecule has 3 rings (SSSR count). The summed E-state index contributed by atoms with van der Waals surface area (Å²) in [6.07, 6.45) is 2.72. The third-order valence-electron chi connectivity index (χ3n) is 3.29. The van der Waals surface area contributed by atoms with E-state index in [1.54, 1.807) is 12.1 Å². The van der Waals surface area contributed by atoms with E-state index in [2.05, 4.69) is 5.32 Å². The Morgan fingerprint density at radius 3 is 2.88 bits per heavy atom. The summed E-state index contributed by atoms with van der Waals surface area (Å²) in [4.78, 5) is 0. The molecule has 1 aromatic rings. The molecule has 3 atom stereocenters. The monoisotopic (exact) mass is 348 g/mol. The Bertz CT molecular complexity index is 372. The van der Waals surface area contributed by atoms with Crippen LogP contribution >= 0.6 is 0 Å². The SMILES string of the molecule is Fc1ccc(COC2CC3C[I-]C(C2)N3)cc1. The molecule has 0 amide bonds. The quantitative estimate of drug-likeness (QED) is 0.425. The number of alkyl halides is 2. The fraction of sp³-hybridized carbons (Fsp3) is 0.538. The molecule has 2 bridgehead atoms. The number of fused-ring (bicyclic) bond motifs is 2. The van der Waals surface area contributed by atoms with E-state index in [-0.39, 0.29) is 5.82 Å². The van der Waals surface area contributed by atoms with Crippen LogP contribution in [0.4, 0.5) is 4.39 Å². The van der Waals surface area contributed by atoms with E-state index in [1.165, 1.54) is 23.0 Å². The van der Waals surface area contributed by atoms with Crippen LogP contribution in [-0.4, -0.2) is 20.6 Å². The number of nitrogens with one attached hydrogen (secondary N) is 1. The zero-order chi connectivity index (χ0) is 11.7. The van der Waals surface area contributed by atoms with Gasteiger partial charge in [0.1, 0.15) is 0 Å². The Balaban J connectivity index is 1.52. The average molecular weight is 348 g/mol. The number of piperidine rings is 1. The summed E-state index contributed by atoms with van der Waals surface area (Å²) in [5.74, 6) is -0.182. The first-order valence-corrected chi connectivity index (χ1v) is 8.76. The maximum atomic E-state index is 12.7. The third-order valence-corrected chi connectivity index (χ3v) is 6.80. The molecule has 2 heterocycles. The Morgan fingerprint density at radius 1 is 1.29 bits per heavy atom. The summed E-state index contributed by atoms with van der Waals surface area (Å²) in [7, 11) is 0. The molecule has 3 unspecified atom stereocenters. The van der Waals surface area contributed by atoms with Crippen LogP contribution in [0.25, 0.3) is 0 Å². The van der Waals surface area contributed by atoms with Gasteiger partial charge in [-0.15, -0.1) is 0 Å². The summed E-state index contributed by atoms with van der Waals surface area (Å²) < 4.78 is 20.9. The minimum atomic E-state index is -0.182. The molecule has 2 aliphatic heterocycles. The van der Waals surface area contributed by atoms with E-state index >= 15 is 0 Å². The summed E-state index contributed by atoms with van der Waals surface area (Å²) in [6.45, 7) is 0.614. The van der Waals surface area contributed by atoms with Gasteiger partial charge in [-0.1, -0.05) is 0 Å². The van der Waals surface area contributed by atoms with Crippen molar-refractivity contribution in [2.45, 2.75) is 35.6 Å². The molecule has 2 fully saturated rings. The third kappa shape index (κ3) is 2.98. The molecule has 0 aliphatic carbocycles. The van der Waals surface area contributed by atoms with Crippen LogP contribution < -0.4 is 26.5 Å². The van der Waals surface area contributed by atoms with Crippen LogP contribution in [0.15, 0.2) is 24.3 Å². The molecule has 0 radical (unpaired) electrons. The van der Waals surface area contributed by atoms with Crippen LogP contribution in [0.2, 0.25) is 0 Å².